The largest absolute Gasteiger partial charge is 0.365 e. The van der Waals surface area contributed by atoms with Gasteiger partial charge in [0.15, 0.2) is 0 Å². The maximum atomic E-state index is 3.74. The fraction of sp³-hybridized carbons (Fsp3) is 0.647. The van der Waals surface area contributed by atoms with Crippen molar-refractivity contribution in [2.75, 3.05) is 24.2 Å². The van der Waals surface area contributed by atoms with Gasteiger partial charge in [-0.2, -0.15) is 0 Å². The van der Waals surface area contributed by atoms with Gasteiger partial charge in [-0.3, -0.25) is 0 Å². The predicted molar refractivity (Wildman–Crippen MR) is 90.8 cm³/mol. The quantitative estimate of drug-likeness (QED) is 0.848. The van der Waals surface area contributed by atoms with E-state index in [0.29, 0.717) is 23.9 Å². The van der Waals surface area contributed by atoms with Crippen LogP contribution in [0.4, 0.5) is 5.69 Å². The molecule has 0 bridgehead atoms. The van der Waals surface area contributed by atoms with E-state index in [-0.39, 0.29) is 0 Å². The molecular formula is C17H28N2S. The second-order valence-corrected chi connectivity index (χ2v) is 7.24. The number of piperazine rings is 1. The third-order valence-electron chi connectivity index (χ3n) is 4.35. The summed E-state index contributed by atoms with van der Waals surface area (Å²) in [7, 11) is 0. The molecule has 1 N–H and O–H groups in total. The molecule has 2 unspecified atom stereocenters. The molecule has 2 nitrogen and oxygen atoms in total. The van der Waals surface area contributed by atoms with E-state index >= 15 is 0 Å². The first kappa shape index (κ1) is 15.7. The molecule has 0 spiro atoms. The highest BCUT2D eigenvalue weighted by molar-refractivity contribution is 7.98. The minimum absolute atomic E-state index is 0.582. The van der Waals surface area contributed by atoms with Crippen LogP contribution < -0.4 is 10.2 Å². The summed E-state index contributed by atoms with van der Waals surface area (Å²) in [6.07, 6.45) is 2.17. The summed E-state index contributed by atoms with van der Waals surface area (Å²) in [5.74, 6) is 1.33. The molecular weight excluding hydrogens is 264 g/mol. The van der Waals surface area contributed by atoms with Crippen LogP contribution in [0, 0.1) is 11.8 Å². The summed E-state index contributed by atoms with van der Waals surface area (Å²) in [5.41, 5.74) is 1.41. The number of hydrogen-bond donors (Lipinski definition) is 1. The lowest BCUT2D eigenvalue weighted by molar-refractivity contribution is 0.294. The molecule has 0 radical (unpaired) electrons. The molecule has 1 fully saturated rings. The molecule has 0 saturated carbocycles. The highest BCUT2D eigenvalue weighted by Crippen LogP contribution is 2.33. The number of thioether (sulfide) groups is 1. The molecule has 1 aliphatic heterocycles. The summed E-state index contributed by atoms with van der Waals surface area (Å²) >= 11 is 1.85. The van der Waals surface area contributed by atoms with E-state index in [9.17, 15) is 0 Å². The highest BCUT2D eigenvalue weighted by atomic mass is 32.2. The number of para-hydroxylation sites is 1. The van der Waals surface area contributed by atoms with Crippen molar-refractivity contribution in [2.24, 2.45) is 11.8 Å². The second kappa shape index (κ2) is 6.86. The Morgan fingerprint density at radius 2 is 1.85 bits per heavy atom. The van der Waals surface area contributed by atoms with Crippen LogP contribution in [0.3, 0.4) is 0 Å². The fourth-order valence-corrected chi connectivity index (χ4v) is 3.59. The van der Waals surface area contributed by atoms with E-state index in [0.717, 1.165) is 13.1 Å². The van der Waals surface area contributed by atoms with Gasteiger partial charge in [0.25, 0.3) is 0 Å². The molecule has 0 aromatic heterocycles. The molecule has 112 valence electrons. The zero-order chi connectivity index (χ0) is 14.7. The molecule has 1 heterocycles. The molecule has 1 saturated heterocycles. The van der Waals surface area contributed by atoms with Crippen LogP contribution in [0.15, 0.2) is 29.2 Å². The van der Waals surface area contributed by atoms with Gasteiger partial charge in [-0.15, -0.1) is 11.8 Å². The van der Waals surface area contributed by atoms with E-state index in [4.69, 9.17) is 0 Å². The summed E-state index contributed by atoms with van der Waals surface area (Å²) in [4.78, 5) is 4.03. The van der Waals surface area contributed by atoms with Gasteiger partial charge in [0.05, 0.1) is 5.69 Å². The number of benzene rings is 1. The fourth-order valence-electron chi connectivity index (χ4n) is 2.98. The van der Waals surface area contributed by atoms with Crippen LogP contribution >= 0.6 is 11.8 Å². The van der Waals surface area contributed by atoms with E-state index in [1.807, 2.05) is 11.8 Å². The average molecular weight is 292 g/mol. The van der Waals surface area contributed by atoms with Crippen molar-refractivity contribution in [1.82, 2.24) is 5.32 Å². The minimum atomic E-state index is 0.582. The standard InChI is InChI=1S/C17H28N2S/c1-12(2)14-11-19(16(10-18-14)13(3)4)15-8-6-7-9-17(15)20-5/h6-9,12-14,16,18H,10-11H2,1-5H3. The van der Waals surface area contributed by atoms with Crippen molar-refractivity contribution < 1.29 is 0 Å². The lowest BCUT2D eigenvalue weighted by Gasteiger charge is -2.45. The van der Waals surface area contributed by atoms with Crippen molar-refractivity contribution in [3.63, 3.8) is 0 Å². The van der Waals surface area contributed by atoms with Crippen LogP contribution in [0.5, 0.6) is 0 Å². The lowest BCUT2D eigenvalue weighted by Crippen LogP contribution is -2.60. The first-order valence-electron chi connectivity index (χ1n) is 7.67. The summed E-state index contributed by atoms with van der Waals surface area (Å²) in [5, 5.41) is 3.74. The Labute approximate surface area is 128 Å². The van der Waals surface area contributed by atoms with E-state index in [1.54, 1.807) is 0 Å². The topological polar surface area (TPSA) is 15.3 Å². The highest BCUT2D eigenvalue weighted by Gasteiger charge is 2.32. The number of nitrogens with one attached hydrogen (secondary N) is 1. The van der Waals surface area contributed by atoms with Crippen LogP contribution in [-0.2, 0) is 0 Å². The maximum absolute atomic E-state index is 3.74. The monoisotopic (exact) mass is 292 g/mol. The molecule has 0 amide bonds. The third kappa shape index (κ3) is 3.32. The number of hydrogen-bond acceptors (Lipinski definition) is 3. The van der Waals surface area contributed by atoms with Crippen LogP contribution in [-0.4, -0.2) is 31.4 Å². The van der Waals surface area contributed by atoms with Gasteiger partial charge in [-0.05, 0) is 30.2 Å². The predicted octanol–water partition coefficient (Wildman–Crippen LogP) is 3.87. The van der Waals surface area contributed by atoms with E-state index in [1.165, 1.54) is 10.6 Å². The van der Waals surface area contributed by atoms with Crippen LogP contribution in [0.25, 0.3) is 0 Å². The van der Waals surface area contributed by atoms with E-state index in [2.05, 4.69) is 68.4 Å². The second-order valence-electron chi connectivity index (χ2n) is 6.39. The average Bonchev–Trinajstić information content (AvgIpc) is 2.46. The van der Waals surface area contributed by atoms with Gasteiger partial charge in [0.1, 0.15) is 0 Å². The van der Waals surface area contributed by atoms with Crippen molar-refractivity contribution in [1.29, 1.82) is 0 Å². The molecule has 2 atom stereocenters. The van der Waals surface area contributed by atoms with Crippen molar-refractivity contribution in [2.45, 2.75) is 44.7 Å². The normalized spacial score (nSPS) is 23.6. The SMILES string of the molecule is CSc1ccccc1N1CC(C(C)C)NCC1C(C)C. The van der Waals surface area contributed by atoms with Crippen LogP contribution in [0.1, 0.15) is 27.7 Å². The first-order valence-corrected chi connectivity index (χ1v) is 8.90. The Bertz CT molecular complexity index is 431. The van der Waals surface area contributed by atoms with Gasteiger partial charge in [0.2, 0.25) is 0 Å². The lowest BCUT2D eigenvalue weighted by atomic mass is 9.93. The molecule has 1 aromatic rings. The third-order valence-corrected chi connectivity index (χ3v) is 5.14. The minimum Gasteiger partial charge on any atom is -0.365 e. The Hall–Kier alpha value is -0.670. The zero-order valence-corrected chi connectivity index (χ0v) is 14.2. The van der Waals surface area contributed by atoms with Gasteiger partial charge < -0.3 is 10.2 Å². The van der Waals surface area contributed by atoms with E-state index < -0.39 is 0 Å². The Morgan fingerprint density at radius 1 is 1.15 bits per heavy atom. The molecule has 20 heavy (non-hydrogen) atoms. The molecule has 1 aromatic carbocycles. The van der Waals surface area contributed by atoms with Crippen molar-refractivity contribution in [3.8, 4) is 0 Å². The van der Waals surface area contributed by atoms with Gasteiger partial charge >= 0.3 is 0 Å². The summed E-state index contributed by atoms with van der Waals surface area (Å²) in [6.45, 7) is 11.5. The van der Waals surface area contributed by atoms with Crippen molar-refractivity contribution in [3.05, 3.63) is 24.3 Å². The Morgan fingerprint density at radius 3 is 2.45 bits per heavy atom. The summed E-state index contributed by atoms with van der Waals surface area (Å²) in [6, 6.07) is 9.99. The van der Waals surface area contributed by atoms with Crippen LogP contribution in [0.2, 0.25) is 0 Å². The maximum Gasteiger partial charge on any atom is 0.0507 e. The first-order chi connectivity index (χ1) is 9.54. The number of rotatable bonds is 4. The zero-order valence-electron chi connectivity index (χ0n) is 13.4. The Balaban J connectivity index is 2.31. The van der Waals surface area contributed by atoms with Gasteiger partial charge in [-0.1, -0.05) is 39.8 Å². The Kier molecular flexibility index (Phi) is 5.39. The molecule has 0 aliphatic carbocycles. The van der Waals surface area contributed by atoms with Gasteiger partial charge in [-0.25, -0.2) is 0 Å². The molecule has 2 rings (SSSR count). The summed E-state index contributed by atoms with van der Waals surface area (Å²) < 4.78 is 0. The molecule has 3 heteroatoms. The smallest absolute Gasteiger partial charge is 0.0507 e. The van der Waals surface area contributed by atoms with Gasteiger partial charge in [0, 0.05) is 30.1 Å². The van der Waals surface area contributed by atoms with Crippen molar-refractivity contribution >= 4 is 17.4 Å². The molecule has 1 aliphatic rings. The number of anilines is 1. The number of nitrogens with zero attached hydrogens (tertiary/aromatic N) is 1.